The van der Waals surface area contributed by atoms with Crippen molar-refractivity contribution in [2.45, 2.75) is 6.04 Å². The largest absolute Gasteiger partial charge is 0.374 e. The van der Waals surface area contributed by atoms with E-state index in [4.69, 9.17) is 0 Å². The number of hydrogen-bond donors (Lipinski definition) is 1. The van der Waals surface area contributed by atoms with Crippen LogP contribution in [0.2, 0.25) is 0 Å². The fourth-order valence-corrected chi connectivity index (χ4v) is 5.53. The number of fused-ring (bicyclic) bond motifs is 5. The van der Waals surface area contributed by atoms with Crippen LogP contribution >= 0.6 is 0 Å². The second-order valence-electron chi connectivity index (χ2n) is 9.02. The van der Waals surface area contributed by atoms with Gasteiger partial charge in [-0.15, -0.1) is 0 Å². The highest BCUT2D eigenvalue weighted by atomic mass is 14.9. The lowest BCUT2D eigenvalue weighted by Gasteiger charge is -2.34. The van der Waals surface area contributed by atoms with Crippen molar-refractivity contribution in [3.63, 3.8) is 0 Å². The van der Waals surface area contributed by atoms with E-state index in [0.717, 1.165) is 0 Å². The molecule has 1 heterocycles. The summed E-state index contributed by atoms with van der Waals surface area (Å²) < 4.78 is 0. The predicted molar refractivity (Wildman–Crippen MR) is 144 cm³/mol. The van der Waals surface area contributed by atoms with Crippen LogP contribution < -0.4 is 5.32 Å². The van der Waals surface area contributed by atoms with E-state index < -0.39 is 0 Å². The molecule has 1 aliphatic carbocycles. The first-order chi connectivity index (χ1) is 16.9. The molecule has 5 aromatic carbocycles. The molecule has 1 atom stereocenters. The second kappa shape index (κ2) is 7.60. The van der Waals surface area contributed by atoms with E-state index in [1.807, 2.05) is 0 Å². The van der Waals surface area contributed by atoms with Gasteiger partial charge < -0.3 is 5.32 Å². The van der Waals surface area contributed by atoms with Gasteiger partial charge in [-0.25, -0.2) is 0 Å². The van der Waals surface area contributed by atoms with Gasteiger partial charge in [-0.3, -0.25) is 0 Å². The van der Waals surface area contributed by atoms with Gasteiger partial charge in [0.1, 0.15) is 0 Å². The third-order valence-corrected chi connectivity index (χ3v) is 7.10. The fraction of sp³-hybridized carbons (Fsp3) is 0.0303. The summed E-state index contributed by atoms with van der Waals surface area (Å²) in [7, 11) is 0. The molecule has 0 saturated heterocycles. The molecule has 0 spiro atoms. The Hall–Kier alpha value is -4.36. The Balaban J connectivity index is 1.46. The van der Waals surface area contributed by atoms with Crippen LogP contribution in [0.15, 0.2) is 127 Å². The highest BCUT2D eigenvalue weighted by molar-refractivity contribution is 5.99. The molecule has 34 heavy (non-hydrogen) atoms. The summed E-state index contributed by atoms with van der Waals surface area (Å²) >= 11 is 0. The predicted octanol–water partition coefficient (Wildman–Crippen LogP) is 8.50. The lowest BCUT2D eigenvalue weighted by Crippen LogP contribution is -2.22. The van der Waals surface area contributed by atoms with Crippen LogP contribution in [0.4, 0.5) is 5.69 Å². The van der Waals surface area contributed by atoms with E-state index in [0.29, 0.717) is 0 Å². The van der Waals surface area contributed by atoms with Gasteiger partial charge >= 0.3 is 0 Å². The number of para-hydroxylation sites is 1. The summed E-state index contributed by atoms with van der Waals surface area (Å²) in [6, 6.07) is 41.8. The van der Waals surface area contributed by atoms with Crippen LogP contribution in [0, 0.1) is 0 Å². The topological polar surface area (TPSA) is 12.0 Å². The first-order valence-electron chi connectivity index (χ1n) is 11.8. The van der Waals surface area contributed by atoms with Crippen molar-refractivity contribution in [3.05, 3.63) is 149 Å². The molecule has 5 aromatic rings. The number of rotatable bonds is 2. The molecular weight excluding hydrogens is 410 g/mol. The van der Waals surface area contributed by atoms with Crippen LogP contribution in [-0.4, -0.2) is 0 Å². The maximum absolute atomic E-state index is 3.82. The zero-order valence-corrected chi connectivity index (χ0v) is 18.7. The summed E-state index contributed by atoms with van der Waals surface area (Å²) in [5, 5.41) is 6.37. The standard InChI is InChI=1S/C33H23N/c1-3-14-26-22(9-1)11-8-17-27(26)24-12-7-13-25(21-24)32-29-16-5-6-18-31(29)34-33-28-15-4-2-10-23(28)19-20-30(32)33/h1-21,33-34H. The van der Waals surface area contributed by atoms with Crippen molar-refractivity contribution >= 4 is 28.1 Å². The summed E-state index contributed by atoms with van der Waals surface area (Å²) in [4.78, 5) is 0. The van der Waals surface area contributed by atoms with Gasteiger partial charge in [0.15, 0.2) is 0 Å². The fourth-order valence-electron chi connectivity index (χ4n) is 5.53. The smallest absolute Gasteiger partial charge is 0.0779 e. The number of nitrogens with one attached hydrogen (secondary N) is 1. The van der Waals surface area contributed by atoms with Crippen LogP contribution in [0.25, 0.3) is 33.5 Å². The molecule has 1 unspecified atom stereocenters. The average molecular weight is 434 g/mol. The molecule has 0 radical (unpaired) electrons. The van der Waals surface area contributed by atoms with Gasteiger partial charge in [-0.05, 0) is 61.9 Å². The molecule has 1 aliphatic heterocycles. The third-order valence-electron chi connectivity index (χ3n) is 7.10. The van der Waals surface area contributed by atoms with E-state index >= 15 is 0 Å². The van der Waals surface area contributed by atoms with Crippen molar-refractivity contribution < 1.29 is 0 Å². The van der Waals surface area contributed by atoms with Crippen molar-refractivity contribution in [3.8, 4) is 11.1 Å². The van der Waals surface area contributed by atoms with Crippen LogP contribution in [-0.2, 0) is 0 Å². The molecule has 1 heteroatoms. The summed E-state index contributed by atoms with van der Waals surface area (Å²) in [6.45, 7) is 0. The van der Waals surface area contributed by atoms with Gasteiger partial charge in [0.05, 0.1) is 6.04 Å². The Bertz CT molecular complexity index is 1630. The minimum atomic E-state index is 0.146. The van der Waals surface area contributed by atoms with Crippen LogP contribution in [0.1, 0.15) is 28.3 Å². The van der Waals surface area contributed by atoms with Gasteiger partial charge in [-0.1, -0.05) is 115 Å². The molecule has 0 fully saturated rings. The second-order valence-corrected chi connectivity index (χ2v) is 9.02. The molecule has 0 bridgehead atoms. The van der Waals surface area contributed by atoms with Crippen LogP contribution in [0.3, 0.4) is 0 Å². The molecule has 2 aliphatic rings. The SMILES string of the molecule is C1=Cc2ccccc2C2Nc3ccccc3C(c3cccc(-c4cccc5ccccc45)c3)=C12. The van der Waals surface area contributed by atoms with E-state index in [-0.39, 0.29) is 6.04 Å². The Kier molecular flexibility index (Phi) is 4.28. The minimum Gasteiger partial charge on any atom is -0.374 e. The average Bonchev–Trinajstić information content (AvgIpc) is 2.91. The van der Waals surface area contributed by atoms with Gasteiger partial charge in [0.25, 0.3) is 0 Å². The Morgan fingerprint density at radius 1 is 0.559 bits per heavy atom. The monoisotopic (exact) mass is 433 g/mol. The highest BCUT2D eigenvalue weighted by Crippen LogP contribution is 2.47. The Morgan fingerprint density at radius 2 is 1.29 bits per heavy atom. The molecule has 160 valence electrons. The summed E-state index contributed by atoms with van der Waals surface area (Å²) in [6.07, 6.45) is 4.56. The van der Waals surface area contributed by atoms with Gasteiger partial charge in [0.2, 0.25) is 0 Å². The molecule has 0 saturated carbocycles. The van der Waals surface area contributed by atoms with E-state index in [9.17, 15) is 0 Å². The van der Waals surface area contributed by atoms with Crippen molar-refractivity contribution in [1.82, 2.24) is 0 Å². The van der Waals surface area contributed by atoms with Gasteiger partial charge in [-0.2, -0.15) is 0 Å². The quantitative estimate of drug-likeness (QED) is 0.294. The van der Waals surface area contributed by atoms with E-state index in [2.05, 4.69) is 133 Å². The van der Waals surface area contributed by atoms with Gasteiger partial charge in [0, 0.05) is 11.3 Å². The molecule has 1 nitrogen and oxygen atoms in total. The lowest BCUT2D eigenvalue weighted by molar-refractivity contribution is 0.917. The van der Waals surface area contributed by atoms with Crippen molar-refractivity contribution in [2.24, 2.45) is 0 Å². The maximum atomic E-state index is 3.82. The highest BCUT2D eigenvalue weighted by Gasteiger charge is 2.30. The third kappa shape index (κ3) is 2.94. The van der Waals surface area contributed by atoms with Crippen molar-refractivity contribution in [1.29, 1.82) is 0 Å². The normalized spacial score (nSPS) is 15.9. The lowest BCUT2D eigenvalue weighted by atomic mass is 9.79. The number of benzene rings is 5. The molecular formula is C33H23N. The van der Waals surface area contributed by atoms with Crippen LogP contribution in [0.5, 0.6) is 0 Å². The van der Waals surface area contributed by atoms with E-state index in [1.54, 1.807) is 0 Å². The van der Waals surface area contributed by atoms with E-state index in [1.165, 1.54) is 61.0 Å². The molecule has 0 amide bonds. The molecule has 0 aromatic heterocycles. The Morgan fingerprint density at radius 3 is 2.29 bits per heavy atom. The zero-order chi connectivity index (χ0) is 22.5. The number of hydrogen-bond acceptors (Lipinski definition) is 1. The first kappa shape index (κ1) is 19.1. The first-order valence-corrected chi connectivity index (χ1v) is 11.8. The molecule has 7 rings (SSSR count). The summed E-state index contributed by atoms with van der Waals surface area (Å²) in [5.74, 6) is 0. The number of anilines is 1. The molecule has 1 N–H and O–H groups in total. The Labute approximate surface area is 199 Å². The maximum Gasteiger partial charge on any atom is 0.0779 e. The summed E-state index contributed by atoms with van der Waals surface area (Å²) in [5.41, 5.74) is 11.5. The minimum absolute atomic E-state index is 0.146. The zero-order valence-electron chi connectivity index (χ0n) is 18.7. The van der Waals surface area contributed by atoms with Crippen molar-refractivity contribution in [2.75, 3.05) is 5.32 Å².